The van der Waals surface area contributed by atoms with E-state index >= 15 is 0 Å². The van der Waals surface area contributed by atoms with Gasteiger partial charge in [0.25, 0.3) is 5.91 Å². The topological polar surface area (TPSA) is 55.4 Å². The van der Waals surface area contributed by atoms with Gasteiger partial charge >= 0.3 is 0 Å². The third kappa shape index (κ3) is 7.73. The van der Waals surface area contributed by atoms with Crippen LogP contribution >= 0.6 is 23.5 Å². The Bertz CT molecular complexity index is 1090. The maximum Gasteiger partial charge on any atom is 0.272 e. The molecule has 0 aliphatic rings. The average molecular weight is 488 g/mol. The van der Waals surface area contributed by atoms with E-state index < -0.39 is 11.0 Å². The van der Waals surface area contributed by atoms with Crippen LogP contribution in [0.25, 0.3) is 10.8 Å². The molecule has 1 unspecified atom stereocenters. The number of carbonyl (C=O) groups excluding carboxylic acids is 2. The predicted octanol–water partition coefficient (Wildman–Crippen LogP) is 6.69. The number of benzene rings is 2. The van der Waals surface area contributed by atoms with Crippen molar-refractivity contribution >= 4 is 46.0 Å². The van der Waals surface area contributed by atoms with Gasteiger partial charge in [-0.05, 0) is 79.3 Å². The monoisotopic (exact) mass is 487 g/mol. The highest BCUT2D eigenvalue weighted by Crippen LogP contribution is 2.27. The number of fused-ring (bicyclic) bond motifs is 1. The van der Waals surface area contributed by atoms with Crippen LogP contribution in [0.2, 0.25) is 0 Å². The minimum atomic E-state index is -0.827. The van der Waals surface area contributed by atoms with Crippen molar-refractivity contribution in [2.24, 2.45) is 0 Å². The molecule has 0 aromatic heterocycles. The van der Waals surface area contributed by atoms with Gasteiger partial charge in [0.1, 0.15) is 5.75 Å². The molecule has 0 spiro atoms. The van der Waals surface area contributed by atoms with Gasteiger partial charge in [0.2, 0.25) is 5.44 Å². The second kappa shape index (κ2) is 13.2. The summed E-state index contributed by atoms with van der Waals surface area (Å²) in [5, 5.41) is 6.69. The lowest BCUT2D eigenvalue weighted by molar-refractivity contribution is -0.125. The lowest BCUT2D eigenvalue weighted by Crippen LogP contribution is -2.50. The van der Waals surface area contributed by atoms with Gasteiger partial charge in [0.15, 0.2) is 5.78 Å². The van der Waals surface area contributed by atoms with Gasteiger partial charge < -0.3 is 10.1 Å². The normalized spacial score (nSPS) is 11.9. The highest BCUT2D eigenvalue weighted by molar-refractivity contribution is 8.01. The maximum atomic E-state index is 13.0. The molecule has 1 atom stereocenters. The molecule has 0 fully saturated rings. The van der Waals surface area contributed by atoms with E-state index in [-0.39, 0.29) is 28.0 Å². The number of rotatable bonds is 9. The van der Waals surface area contributed by atoms with Crippen LogP contribution in [0.5, 0.6) is 5.75 Å². The van der Waals surface area contributed by atoms with E-state index in [0.717, 1.165) is 16.3 Å². The number of nitrogens with one attached hydrogen (secondary N) is 1. The Morgan fingerprint density at radius 1 is 1.18 bits per heavy atom. The molecule has 6 heteroatoms. The van der Waals surface area contributed by atoms with Crippen LogP contribution in [0.3, 0.4) is 0 Å². The summed E-state index contributed by atoms with van der Waals surface area (Å²) in [6, 6.07) is 11.4. The van der Waals surface area contributed by atoms with Crippen LogP contribution in [0, 0.1) is 12.3 Å². The van der Waals surface area contributed by atoms with Crippen molar-refractivity contribution in [3.05, 3.63) is 65.1 Å². The highest BCUT2D eigenvalue weighted by Gasteiger charge is 2.31. The van der Waals surface area contributed by atoms with Crippen molar-refractivity contribution in [1.82, 2.24) is 5.32 Å². The Balaban J connectivity index is 0. The summed E-state index contributed by atoms with van der Waals surface area (Å²) in [6.07, 6.45) is 9.17. The zero-order valence-electron chi connectivity index (χ0n) is 18.4. The fourth-order valence-corrected chi connectivity index (χ4v) is 4.01. The first-order chi connectivity index (χ1) is 14.6. The Morgan fingerprint density at radius 2 is 1.82 bits per heavy atom. The van der Waals surface area contributed by atoms with E-state index in [9.17, 15) is 9.59 Å². The van der Waals surface area contributed by atoms with Gasteiger partial charge in [-0.2, -0.15) is 0 Å². The lowest BCUT2D eigenvalue weighted by atomic mass is 9.88. The summed E-state index contributed by atoms with van der Waals surface area (Å²) >= 11 is 2.70. The van der Waals surface area contributed by atoms with Crippen molar-refractivity contribution in [1.29, 1.82) is 0 Å². The predicted molar refractivity (Wildman–Crippen MR) is 149 cm³/mol. The van der Waals surface area contributed by atoms with Crippen molar-refractivity contribution < 1.29 is 15.8 Å². The Hall–Kier alpha value is -2.62. The summed E-state index contributed by atoms with van der Waals surface area (Å²) in [4.78, 5) is 25.0. The van der Waals surface area contributed by atoms with E-state index in [1.165, 1.54) is 30.4 Å². The number of terminal acetylenes is 1. The van der Waals surface area contributed by atoms with Crippen LogP contribution in [0.1, 0.15) is 42.6 Å². The summed E-state index contributed by atoms with van der Waals surface area (Å²) in [5.41, 5.74) is 0.231. The summed E-state index contributed by atoms with van der Waals surface area (Å²) < 4.78 is 5.97. The van der Waals surface area contributed by atoms with E-state index in [4.69, 9.17) is 11.2 Å². The van der Waals surface area contributed by atoms with Crippen molar-refractivity contribution in [3.63, 3.8) is 0 Å². The van der Waals surface area contributed by atoms with E-state index in [1.807, 2.05) is 56.5 Å². The fraction of sp³-hybridized carbons (Fsp3) is 0.333. The molecule has 0 aliphatic carbocycles. The second-order valence-electron chi connectivity index (χ2n) is 7.47. The van der Waals surface area contributed by atoms with Gasteiger partial charge in [-0.3, -0.25) is 9.59 Å². The van der Waals surface area contributed by atoms with E-state index in [1.54, 1.807) is 11.7 Å². The van der Waals surface area contributed by atoms with E-state index in [0.29, 0.717) is 16.9 Å². The van der Waals surface area contributed by atoms with Gasteiger partial charge in [0.05, 0.1) is 5.54 Å². The first-order valence-corrected chi connectivity index (χ1v) is 12.2. The molecule has 0 aliphatic heterocycles. The smallest absolute Gasteiger partial charge is 0.272 e. The summed E-state index contributed by atoms with van der Waals surface area (Å²) in [5.74, 6) is 2.79. The van der Waals surface area contributed by atoms with Crippen LogP contribution in [-0.2, 0) is 9.59 Å². The van der Waals surface area contributed by atoms with Gasteiger partial charge in [-0.25, -0.2) is 0 Å². The fourth-order valence-electron chi connectivity index (χ4n) is 2.98. The first-order valence-electron chi connectivity index (χ1n) is 9.58. The molecule has 2 aromatic rings. The average Bonchev–Trinajstić information content (AvgIpc) is 2.73. The van der Waals surface area contributed by atoms with Crippen molar-refractivity contribution in [3.8, 4) is 18.1 Å². The minimum Gasteiger partial charge on any atom is -0.470 e. The van der Waals surface area contributed by atoms with Crippen molar-refractivity contribution in [2.45, 2.75) is 46.6 Å². The first kappa shape index (κ1) is 30.4. The third-order valence-electron chi connectivity index (χ3n) is 4.78. The third-order valence-corrected chi connectivity index (χ3v) is 5.99. The Labute approximate surface area is 209 Å². The number of ether oxygens (including phenoxy) is 1. The number of hydrogen-bond donors (Lipinski definition) is 1. The molecule has 33 heavy (non-hydrogen) atoms. The largest absolute Gasteiger partial charge is 0.470 e. The molecule has 2 rings (SSSR count). The Morgan fingerprint density at radius 3 is 2.36 bits per heavy atom. The molecule has 2 aromatic carbocycles. The zero-order chi connectivity index (χ0) is 23.2. The maximum absolute atomic E-state index is 13.0. The number of ketones is 1. The van der Waals surface area contributed by atoms with Crippen LogP contribution in [0.15, 0.2) is 59.5 Å². The van der Waals surface area contributed by atoms with Crippen LogP contribution in [-0.4, -0.2) is 35.2 Å². The molecule has 0 bridgehead atoms. The SMILES string of the molecule is C.C.C#Cc1ccc2ccc(OC(SC)C(=O)NC(C)(C)C(=C)/C(=C\SC)C(C)=O)cc2c1.[HH]. The van der Waals surface area contributed by atoms with Gasteiger partial charge in [-0.1, -0.05) is 39.5 Å². The van der Waals surface area contributed by atoms with E-state index in [2.05, 4.69) is 17.8 Å². The lowest BCUT2D eigenvalue weighted by Gasteiger charge is -2.31. The molecule has 0 heterocycles. The molecule has 0 saturated heterocycles. The van der Waals surface area contributed by atoms with Crippen molar-refractivity contribution in [2.75, 3.05) is 12.5 Å². The summed E-state index contributed by atoms with van der Waals surface area (Å²) in [7, 11) is 0. The number of thioether (sulfide) groups is 2. The number of Topliss-reactive ketones (excluding diaryl/α,β-unsaturated/α-hetero) is 1. The Kier molecular flexibility index (Phi) is 12.1. The molecule has 1 N–H and O–H groups in total. The standard InChI is InChI=1S/C25H27NO3S2.2CH4.H2/c1-8-18-9-10-19-11-12-21(14-20(19)13-18)29-24(31-7)23(28)26-25(4,5)16(2)22(15-30-6)17(3)27;;;/h1,9-15,24H,2H2,3-7H3,(H,26,28);2*1H4;1H/b22-15+;;;. The minimum absolute atomic E-state index is 0. The van der Waals surface area contributed by atoms with Crippen LogP contribution in [0.4, 0.5) is 0 Å². The summed E-state index contributed by atoms with van der Waals surface area (Å²) in [6.45, 7) is 9.19. The molecule has 180 valence electrons. The highest BCUT2D eigenvalue weighted by atomic mass is 32.2. The quantitative estimate of drug-likeness (QED) is 0.185. The number of carbonyl (C=O) groups is 2. The number of amides is 1. The van der Waals surface area contributed by atoms with Gasteiger partial charge in [0, 0.05) is 12.6 Å². The molecular formula is C27H37NO3S2. The molecular weight excluding hydrogens is 450 g/mol. The van der Waals surface area contributed by atoms with Crippen LogP contribution < -0.4 is 10.1 Å². The molecule has 4 nitrogen and oxygen atoms in total. The molecule has 0 radical (unpaired) electrons. The zero-order valence-corrected chi connectivity index (χ0v) is 20.1. The number of hydrogen-bond acceptors (Lipinski definition) is 5. The van der Waals surface area contributed by atoms with Gasteiger partial charge in [-0.15, -0.1) is 29.9 Å². The molecule has 0 saturated carbocycles. The molecule has 1 amide bonds. The second-order valence-corrected chi connectivity index (χ2v) is 9.08.